The molecule has 0 radical (unpaired) electrons. The molecule has 0 aliphatic heterocycles. The molecule has 8 nitrogen and oxygen atoms in total. The van der Waals surface area contributed by atoms with E-state index in [1.165, 1.54) is 18.2 Å². The van der Waals surface area contributed by atoms with Crippen molar-refractivity contribution in [2.45, 2.75) is 13.8 Å². The quantitative estimate of drug-likeness (QED) is 0.625. The van der Waals surface area contributed by atoms with E-state index in [9.17, 15) is 18.8 Å². The fraction of sp³-hybridized carbons (Fsp3) is 0.143. The molecule has 0 atom stereocenters. The van der Waals surface area contributed by atoms with Gasteiger partial charge in [0, 0.05) is 11.8 Å². The third-order valence-electron chi connectivity index (χ3n) is 4.17. The highest BCUT2D eigenvalue weighted by atomic mass is 19.1. The first-order valence-electron chi connectivity index (χ1n) is 9.00. The van der Waals surface area contributed by atoms with Gasteiger partial charge in [0.15, 0.2) is 12.3 Å². The zero-order valence-corrected chi connectivity index (χ0v) is 16.3. The number of hydrazine groups is 1. The number of benzene rings is 2. The van der Waals surface area contributed by atoms with Gasteiger partial charge in [-0.1, -0.05) is 30.3 Å². The Labute approximate surface area is 171 Å². The minimum absolute atomic E-state index is 0.0831. The van der Waals surface area contributed by atoms with Gasteiger partial charge in [-0.3, -0.25) is 25.2 Å². The van der Waals surface area contributed by atoms with Crippen LogP contribution in [0.2, 0.25) is 0 Å². The molecule has 0 spiro atoms. The molecule has 30 heavy (non-hydrogen) atoms. The molecule has 3 aromatic rings. The topological polar surface area (TPSA) is 102 Å². The smallest absolute Gasteiger partial charge is 0.294 e. The lowest BCUT2D eigenvalue weighted by molar-refractivity contribution is -0.123. The molecule has 0 aliphatic carbocycles. The SMILES string of the molecule is Cc1ccccc1OCC(=O)NNC(=O)c1nn(-c2ccccc2F)c(C)cc1=O. The fourth-order valence-electron chi connectivity index (χ4n) is 2.66. The van der Waals surface area contributed by atoms with Crippen LogP contribution in [0.1, 0.15) is 21.7 Å². The van der Waals surface area contributed by atoms with Crippen LogP contribution in [-0.4, -0.2) is 28.2 Å². The lowest BCUT2D eigenvalue weighted by Crippen LogP contribution is -2.45. The Bertz CT molecular complexity index is 1160. The number of hydrogen-bond donors (Lipinski definition) is 2. The molecule has 0 saturated heterocycles. The Hall–Kier alpha value is -4.01. The van der Waals surface area contributed by atoms with E-state index in [1.54, 1.807) is 25.1 Å². The standard InChI is InChI=1S/C21H19FN4O4/c1-13-7-3-6-10-18(13)30-12-19(28)23-24-21(29)20-17(27)11-14(2)26(25-20)16-9-5-4-8-15(16)22/h3-11H,12H2,1-2H3,(H,23,28)(H,24,29). The van der Waals surface area contributed by atoms with Crippen LogP contribution in [-0.2, 0) is 4.79 Å². The Balaban J connectivity index is 1.69. The van der Waals surface area contributed by atoms with E-state index in [2.05, 4.69) is 16.0 Å². The summed E-state index contributed by atoms with van der Waals surface area (Å²) in [6.07, 6.45) is 0. The molecule has 0 aliphatic rings. The van der Waals surface area contributed by atoms with Crippen molar-refractivity contribution in [1.82, 2.24) is 20.6 Å². The van der Waals surface area contributed by atoms with Crippen molar-refractivity contribution in [3.8, 4) is 11.4 Å². The molecule has 3 rings (SSSR count). The molecule has 0 unspecified atom stereocenters. The van der Waals surface area contributed by atoms with E-state index in [0.717, 1.165) is 16.3 Å². The molecule has 9 heteroatoms. The maximum atomic E-state index is 14.1. The van der Waals surface area contributed by atoms with Crippen molar-refractivity contribution >= 4 is 11.8 Å². The summed E-state index contributed by atoms with van der Waals surface area (Å²) in [7, 11) is 0. The molecule has 1 aromatic heterocycles. The molecule has 2 amide bonds. The number of ether oxygens (including phenoxy) is 1. The Kier molecular flexibility index (Phi) is 6.21. The van der Waals surface area contributed by atoms with Crippen LogP contribution in [0.4, 0.5) is 4.39 Å². The monoisotopic (exact) mass is 410 g/mol. The number of para-hydroxylation sites is 2. The second kappa shape index (κ2) is 8.99. The van der Waals surface area contributed by atoms with Crippen molar-refractivity contribution in [3.63, 3.8) is 0 Å². The average Bonchev–Trinajstić information content (AvgIpc) is 2.72. The van der Waals surface area contributed by atoms with Crippen LogP contribution in [0.5, 0.6) is 5.75 Å². The zero-order chi connectivity index (χ0) is 21.7. The minimum atomic E-state index is -0.936. The van der Waals surface area contributed by atoms with Gasteiger partial charge >= 0.3 is 0 Å². The summed E-state index contributed by atoms with van der Waals surface area (Å²) in [5, 5.41) is 3.96. The number of hydrogen-bond acceptors (Lipinski definition) is 5. The van der Waals surface area contributed by atoms with Crippen molar-refractivity contribution in [3.05, 3.63) is 87.6 Å². The molecule has 2 aromatic carbocycles. The van der Waals surface area contributed by atoms with Crippen molar-refractivity contribution in [1.29, 1.82) is 0 Å². The van der Waals surface area contributed by atoms with Gasteiger partial charge in [-0.2, -0.15) is 5.10 Å². The maximum Gasteiger partial charge on any atom is 0.294 e. The first kappa shape index (κ1) is 20.7. The summed E-state index contributed by atoms with van der Waals surface area (Å²) in [4.78, 5) is 36.4. The fourth-order valence-corrected chi connectivity index (χ4v) is 2.66. The lowest BCUT2D eigenvalue weighted by Gasteiger charge is -2.12. The van der Waals surface area contributed by atoms with Gasteiger partial charge < -0.3 is 4.74 Å². The summed E-state index contributed by atoms with van der Waals surface area (Å²) >= 11 is 0. The summed E-state index contributed by atoms with van der Waals surface area (Å²) in [6, 6.07) is 14.1. The van der Waals surface area contributed by atoms with Crippen LogP contribution >= 0.6 is 0 Å². The van der Waals surface area contributed by atoms with Gasteiger partial charge in [-0.05, 0) is 37.6 Å². The van der Waals surface area contributed by atoms with Gasteiger partial charge in [-0.15, -0.1) is 0 Å². The molecule has 0 saturated carbocycles. The number of carbonyl (C=O) groups is 2. The normalized spacial score (nSPS) is 10.4. The molecular formula is C21H19FN4O4. The molecule has 1 heterocycles. The molecule has 0 bridgehead atoms. The van der Waals surface area contributed by atoms with Gasteiger partial charge in [0.05, 0.1) is 0 Å². The van der Waals surface area contributed by atoms with Crippen molar-refractivity contribution in [2.24, 2.45) is 0 Å². The maximum absolute atomic E-state index is 14.1. The van der Waals surface area contributed by atoms with Crippen LogP contribution in [0.3, 0.4) is 0 Å². The predicted molar refractivity (Wildman–Crippen MR) is 107 cm³/mol. The zero-order valence-electron chi connectivity index (χ0n) is 16.3. The van der Waals surface area contributed by atoms with Crippen molar-refractivity contribution < 1.29 is 18.7 Å². The summed E-state index contributed by atoms with van der Waals surface area (Å²) in [5.74, 6) is -1.60. The first-order chi connectivity index (χ1) is 14.4. The second-order valence-electron chi connectivity index (χ2n) is 6.42. The summed E-state index contributed by atoms with van der Waals surface area (Å²) in [5.41, 5.74) is 4.39. The lowest BCUT2D eigenvalue weighted by atomic mass is 10.2. The van der Waals surface area contributed by atoms with E-state index in [-0.39, 0.29) is 12.3 Å². The summed E-state index contributed by atoms with van der Waals surface area (Å²) in [6.45, 7) is 3.05. The van der Waals surface area contributed by atoms with E-state index in [1.807, 2.05) is 19.1 Å². The van der Waals surface area contributed by atoms with Gasteiger partial charge in [0.1, 0.15) is 17.3 Å². The van der Waals surface area contributed by atoms with Gasteiger partial charge in [0.2, 0.25) is 5.43 Å². The Morgan fingerprint density at radius 1 is 1.07 bits per heavy atom. The second-order valence-corrected chi connectivity index (χ2v) is 6.42. The van der Waals surface area contributed by atoms with E-state index >= 15 is 0 Å². The van der Waals surface area contributed by atoms with Crippen molar-refractivity contribution in [2.75, 3.05) is 6.61 Å². The Morgan fingerprint density at radius 3 is 2.50 bits per heavy atom. The molecule has 2 N–H and O–H groups in total. The number of aromatic nitrogens is 2. The molecular weight excluding hydrogens is 391 g/mol. The van der Waals surface area contributed by atoms with Crippen LogP contribution in [0.15, 0.2) is 59.4 Å². The third kappa shape index (κ3) is 4.69. The van der Waals surface area contributed by atoms with E-state index < -0.39 is 28.8 Å². The van der Waals surface area contributed by atoms with Crippen LogP contribution < -0.4 is 21.0 Å². The van der Waals surface area contributed by atoms with Gasteiger partial charge in [-0.25, -0.2) is 9.07 Å². The Morgan fingerprint density at radius 2 is 1.77 bits per heavy atom. The van der Waals surface area contributed by atoms with Crippen LogP contribution in [0, 0.1) is 19.7 Å². The number of amides is 2. The minimum Gasteiger partial charge on any atom is -0.483 e. The highest BCUT2D eigenvalue weighted by Crippen LogP contribution is 2.15. The number of carbonyl (C=O) groups excluding carboxylic acids is 2. The van der Waals surface area contributed by atoms with E-state index in [0.29, 0.717) is 11.4 Å². The number of nitrogens with zero attached hydrogens (tertiary/aromatic N) is 2. The molecule has 154 valence electrons. The highest BCUT2D eigenvalue weighted by Gasteiger charge is 2.17. The summed E-state index contributed by atoms with van der Waals surface area (Å²) < 4.78 is 20.6. The molecule has 0 fully saturated rings. The van der Waals surface area contributed by atoms with Gasteiger partial charge in [0.25, 0.3) is 11.8 Å². The number of nitrogens with one attached hydrogen (secondary N) is 2. The van der Waals surface area contributed by atoms with E-state index in [4.69, 9.17) is 4.74 Å². The third-order valence-corrected chi connectivity index (χ3v) is 4.17. The highest BCUT2D eigenvalue weighted by molar-refractivity contribution is 5.93. The average molecular weight is 410 g/mol. The van der Waals surface area contributed by atoms with Crippen LogP contribution in [0.25, 0.3) is 5.69 Å². The first-order valence-corrected chi connectivity index (χ1v) is 9.00. The number of aryl methyl sites for hydroxylation is 2. The largest absolute Gasteiger partial charge is 0.483 e. The number of rotatable bonds is 5. The number of halogens is 1. The predicted octanol–water partition coefficient (Wildman–Crippen LogP) is 1.83.